The molecule has 0 fully saturated rings. The number of ether oxygens (including phenoxy) is 1. The molecule has 1 unspecified atom stereocenters. The Bertz CT molecular complexity index is 632. The molecule has 0 aliphatic carbocycles. The molecule has 0 radical (unpaired) electrons. The number of anilines is 1. The predicted molar refractivity (Wildman–Crippen MR) is 85.8 cm³/mol. The van der Waals surface area contributed by atoms with E-state index in [0.29, 0.717) is 22.9 Å². The van der Waals surface area contributed by atoms with Crippen molar-refractivity contribution in [2.45, 2.75) is 32.3 Å². The van der Waals surface area contributed by atoms with E-state index in [4.69, 9.17) is 10.00 Å². The number of hydrogen-bond donors (Lipinski definition) is 1. The largest absolute Gasteiger partial charge is 0.481 e. The van der Waals surface area contributed by atoms with Gasteiger partial charge in [-0.15, -0.1) is 11.3 Å². The van der Waals surface area contributed by atoms with Crippen LogP contribution in [0, 0.1) is 11.3 Å². The van der Waals surface area contributed by atoms with Gasteiger partial charge < -0.3 is 4.74 Å². The fraction of sp³-hybridized carbons (Fsp3) is 0.312. The van der Waals surface area contributed by atoms with Crippen LogP contribution in [0.25, 0.3) is 0 Å². The van der Waals surface area contributed by atoms with Crippen molar-refractivity contribution in [1.82, 2.24) is 4.98 Å². The van der Waals surface area contributed by atoms with E-state index in [9.17, 15) is 4.79 Å². The van der Waals surface area contributed by atoms with Gasteiger partial charge in [-0.05, 0) is 37.1 Å². The SMILES string of the molecule is CCCCC(Oc1ccc(C#N)cc1)C(=O)Nc1nccs1. The topological polar surface area (TPSA) is 75.0 Å². The Hall–Kier alpha value is -2.39. The molecule has 0 saturated carbocycles. The Labute approximate surface area is 133 Å². The van der Waals surface area contributed by atoms with Crippen LogP contribution in [0.1, 0.15) is 31.7 Å². The summed E-state index contributed by atoms with van der Waals surface area (Å²) in [6, 6.07) is 8.80. The van der Waals surface area contributed by atoms with E-state index in [1.54, 1.807) is 35.8 Å². The van der Waals surface area contributed by atoms with Crippen LogP contribution in [0.15, 0.2) is 35.8 Å². The molecule has 1 aromatic heterocycles. The molecule has 1 N–H and O–H groups in total. The van der Waals surface area contributed by atoms with E-state index in [0.717, 1.165) is 12.8 Å². The minimum absolute atomic E-state index is 0.201. The second-order valence-electron chi connectivity index (χ2n) is 4.71. The number of nitrogens with one attached hydrogen (secondary N) is 1. The zero-order valence-electron chi connectivity index (χ0n) is 12.3. The van der Waals surface area contributed by atoms with Gasteiger partial charge in [0.25, 0.3) is 5.91 Å². The maximum Gasteiger partial charge on any atom is 0.267 e. The van der Waals surface area contributed by atoms with Crippen molar-refractivity contribution >= 4 is 22.4 Å². The van der Waals surface area contributed by atoms with Crippen molar-refractivity contribution in [1.29, 1.82) is 5.26 Å². The van der Waals surface area contributed by atoms with Crippen molar-refractivity contribution in [2.75, 3.05) is 5.32 Å². The number of amides is 1. The molecule has 0 spiro atoms. The van der Waals surface area contributed by atoms with Gasteiger partial charge in [0.2, 0.25) is 0 Å². The van der Waals surface area contributed by atoms with Gasteiger partial charge in [-0.1, -0.05) is 13.3 Å². The zero-order valence-corrected chi connectivity index (χ0v) is 13.1. The second kappa shape index (κ2) is 8.15. The summed E-state index contributed by atoms with van der Waals surface area (Å²) in [5.41, 5.74) is 0.560. The highest BCUT2D eigenvalue weighted by Gasteiger charge is 2.20. The van der Waals surface area contributed by atoms with Gasteiger partial charge in [-0.25, -0.2) is 4.98 Å². The number of thiazole rings is 1. The smallest absolute Gasteiger partial charge is 0.267 e. The molecule has 1 heterocycles. The fourth-order valence-corrected chi connectivity index (χ4v) is 2.41. The van der Waals surface area contributed by atoms with Crippen LogP contribution >= 0.6 is 11.3 Å². The number of aromatic nitrogens is 1. The molecule has 1 aromatic carbocycles. The van der Waals surface area contributed by atoms with Crippen LogP contribution in [0.5, 0.6) is 5.75 Å². The summed E-state index contributed by atoms with van der Waals surface area (Å²) in [7, 11) is 0. The summed E-state index contributed by atoms with van der Waals surface area (Å²) in [5.74, 6) is 0.377. The monoisotopic (exact) mass is 315 g/mol. The zero-order chi connectivity index (χ0) is 15.8. The maximum absolute atomic E-state index is 12.3. The average molecular weight is 315 g/mol. The standard InChI is InChI=1S/C16H17N3O2S/c1-2-3-4-14(15(20)19-16-18-9-10-22-16)21-13-7-5-12(11-17)6-8-13/h5-10,14H,2-4H2,1H3,(H,18,19,20). The highest BCUT2D eigenvalue weighted by molar-refractivity contribution is 7.13. The van der Waals surface area contributed by atoms with E-state index < -0.39 is 6.10 Å². The number of carbonyl (C=O) groups is 1. The van der Waals surface area contributed by atoms with Gasteiger partial charge in [0.05, 0.1) is 11.6 Å². The molecular formula is C16H17N3O2S. The average Bonchev–Trinajstić information content (AvgIpc) is 3.04. The summed E-state index contributed by atoms with van der Waals surface area (Å²) in [6.07, 6.45) is 3.58. The summed E-state index contributed by atoms with van der Waals surface area (Å²) in [6.45, 7) is 2.07. The molecular weight excluding hydrogens is 298 g/mol. The third-order valence-electron chi connectivity index (χ3n) is 3.04. The van der Waals surface area contributed by atoms with E-state index >= 15 is 0 Å². The van der Waals surface area contributed by atoms with Gasteiger partial charge in [-0.3, -0.25) is 10.1 Å². The lowest BCUT2D eigenvalue weighted by Gasteiger charge is -2.18. The molecule has 2 rings (SSSR count). The number of benzene rings is 1. The first-order chi connectivity index (χ1) is 10.7. The molecule has 0 bridgehead atoms. The van der Waals surface area contributed by atoms with Crippen LogP contribution in [-0.2, 0) is 4.79 Å². The number of nitrogens with zero attached hydrogens (tertiary/aromatic N) is 2. The van der Waals surface area contributed by atoms with Crippen LogP contribution < -0.4 is 10.1 Å². The summed E-state index contributed by atoms with van der Waals surface area (Å²) in [5, 5.41) is 13.9. The Morgan fingerprint density at radius 2 is 2.23 bits per heavy atom. The molecule has 1 atom stereocenters. The predicted octanol–water partition coefficient (Wildman–Crippen LogP) is 3.59. The first-order valence-corrected chi connectivity index (χ1v) is 7.98. The van der Waals surface area contributed by atoms with Crippen molar-refractivity contribution in [3.8, 4) is 11.8 Å². The van der Waals surface area contributed by atoms with E-state index in [2.05, 4.69) is 23.3 Å². The first kappa shape index (κ1) is 16.0. The number of nitriles is 1. The molecule has 1 amide bonds. The molecule has 22 heavy (non-hydrogen) atoms. The number of hydrogen-bond acceptors (Lipinski definition) is 5. The maximum atomic E-state index is 12.3. The minimum atomic E-state index is -0.572. The van der Waals surface area contributed by atoms with Gasteiger partial charge in [0, 0.05) is 11.6 Å². The lowest BCUT2D eigenvalue weighted by atomic mass is 10.1. The van der Waals surface area contributed by atoms with Crippen molar-refractivity contribution in [3.05, 3.63) is 41.4 Å². The summed E-state index contributed by atoms with van der Waals surface area (Å²) < 4.78 is 5.78. The third kappa shape index (κ3) is 4.57. The van der Waals surface area contributed by atoms with Crippen molar-refractivity contribution in [2.24, 2.45) is 0 Å². The molecule has 0 aliphatic rings. The Balaban J connectivity index is 2.04. The molecule has 0 aliphatic heterocycles. The molecule has 114 valence electrons. The van der Waals surface area contributed by atoms with Gasteiger partial charge in [0.15, 0.2) is 11.2 Å². The van der Waals surface area contributed by atoms with Crippen LogP contribution in [0.4, 0.5) is 5.13 Å². The Morgan fingerprint density at radius 3 is 2.82 bits per heavy atom. The second-order valence-corrected chi connectivity index (χ2v) is 5.61. The molecule has 0 saturated heterocycles. The fourth-order valence-electron chi connectivity index (χ4n) is 1.88. The first-order valence-electron chi connectivity index (χ1n) is 7.10. The lowest BCUT2D eigenvalue weighted by molar-refractivity contribution is -0.123. The van der Waals surface area contributed by atoms with Crippen LogP contribution in [0.3, 0.4) is 0 Å². The summed E-state index contributed by atoms with van der Waals surface area (Å²) >= 11 is 1.37. The number of unbranched alkanes of at least 4 members (excludes halogenated alkanes) is 1. The highest BCUT2D eigenvalue weighted by Crippen LogP contribution is 2.18. The van der Waals surface area contributed by atoms with E-state index in [-0.39, 0.29) is 5.91 Å². The van der Waals surface area contributed by atoms with Gasteiger partial charge in [0.1, 0.15) is 5.75 Å². The van der Waals surface area contributed by atoms with E-state index in [1.165, 1.54) is 11.3 Å². The van der Waals surface area contributed by atoms with Crippen LogP contribution in [0.2, 0.25) is 0 Å². The summed E-state index contributed by atoms with van der Waals surface area (Å²) in [4.78, 5) is 16.4. The molecule has 2 aromatic rings. The minimum Gasteiger partial charge on any atom is -0.481 e. The van der Waals surface area contributed by atoms with Crippen molar-refractivity contribution in [3.63, 3.8) is 0 Å². The molecule has 6 heteroatoms. The van der Waals surface area contributed by atoms with Gasteiger partial charge >= 0.3 is 0 Å². The number of carbonyl (C=O) groups excluding carboxylic acids is 1. The molecule has 5 nitrogen and oxygen atoms in total. The highest BCUT2D eigenvalue weighted by atomic mass is 32.1. The third-order valence-corrected chi connectivity index (χ3v) is 3.73. The number of rotatable bonds is 7. The Morgan fingerprint density at radius 1 is 1.45 bits per heavy atom. The van der Waals surface area contributed by atoms with E-state index in [1.807, 2.05) is 0 Å². The van der Waals surface area contributed by atoms with Gasteiger partial charge in [-0.2, -0.15) is 5.26 Å². The quantitative estimate of drug-likeness (QED) is 0.847. The Kier molecular flexibility index (Phi) is 5.92. The van der Waals surface area contributed by atoms with Crippen molar-refractivity contribution < 1.29 is 9.53 Å². The van der Waals surface area contributed by atoms with Crippen LogP contribution in [-0.4, -0.2) is 17.0 Å². The lowest BCUT2D eigenvalue weighted by Crippen LogP contribution is -2.33. The normalized spacial score (nSPS) is 11.5.